The molecule has 0 bridgehead atoms. The predicted octanol–water partition coefficient (Wildman–Crippen LogP) is 5.86. The molecule has 0 aliphatic rings. The average molecular weight is 555 g/mol. The van der Waals surface area contributed by atoms with Gasteiger partial charge in [-0.3, -0.25) is 9.59 Å². The molecule has 9 heteroatoms. The summed E-state index contributed by atoms with van der Waals surface area (Å²) in [7, 11) is 0. The van der Waals surface area contributed by atoms with Crippen LogP contribution < -0.4 is 21.3 Å². The van der Waals surface area contributed by atoms with Crippen molar-refractivity contribution in [2.24, 2.45) is 17.6 Å². The summed E-state index contributed by atoms with van der Waals surface area (Å²) in [6.45, 7) is 12.5. The maximum absolute atomic E-state index is 13.0. The molecule has 0 fully saturated rings. The number of rotatable bonds is 16. The molecule has 0 atom stereocenters. The number of ether oxygens (including phenoxy) is 2. The molecule has 9 nitrogen and oxygen atoms in total. The minimum absolute atomic E-state index is 0.112. The van der Waals surface area contributed by atoms with E-state index >= 15 is 0 Å². The molecule has 0 saturated heterocycles. The second-order valence-electron chi connectivity index (χ2n) is 10.9. The lowest BCUT2D eigenvalue weighted by molar-refractivity contribution is -0.167. The Morgan fingerprint density at radius 3 is 2.08 bits per heavy atom. The minimum Gasteiger partial charge on any atom is -0.428 e. The Morgan fingerprint density at radius 2 is 1.48 bits per heavy atom. The van der Waals surface area contributed by atoms with E-state index in [1.807, 2.05) is 49.4 Å². The van der Waals surface area contributed by atoms with E-state index in [4.69, 9.17) is 15.2 Å². The average Bonchev–Trinajstić information content (AvgIpc) is 2.88. The molecule has 0 spiro atoms. The van der Waals surface area contributed by atoms with Gasteiger partial charge in [0.05, 0.1) is 11.4 Å². The summed E-state index contributed by atoms with van der Waals surface area (Å²) in [6, 6.07) is 13.1. The van der Waals surface area contributed by atoms with Gasteiger partial charge in [-0.15, -0.1) is 0 Å². The van der Waals surface area contributed by atoms with Crippen molar-refractivity contribution in [3.63, 3.8) is 0 Å². The van der Waals surface area contributed by atoms with Crippen LogP contribution in [0.25, 0.3) is 0 Å². The third kappa shape index (κ3) is 12.5. The fraction of sp³-hybridized carbons (Fsp3) is 0.516. The molecule has 4 N–H and O–H groups in total. The number of carbonyl (C=O) groups excluding carboxylic acids is 3. The lowest BCUT2D eigenvalue weighted by atomic mass is 10.1. The number of carbonyl (C=O) groups is 3. The molecule has 2 amide bonds. The number of hydrogen-bond acceptors (Lipinski definition) is 7. The molecule has 2 aromatic rings. The number of hydrogen-bond donors (Lipinski definition) is 3. The maximum atomic E-state index is 13.0. The van der Waals surface area contributed by atoms with E-state index in [1.54, 1.807) is 0 Å². The van der Waals surface area contributed by atoms with Crippen molar-refractivity contribution >= 4 is 35.0 Å². The van der Waals surface area contributed by atoms with Gasteiger partial charge >= 0.3 is 18.0 Å². The van der Waals surface area contributed by atoms with Crippen molar-refractivity contribution in [1.29, 1.82) is 0 Å². The van der Waals surface area contributed by atoms with Crippen LogP contribution in [0, 0.1) is 18.8 Å². The Labute approximate surface area is 238 Å². The van der Waals surface area contributed by atoms with Gasteiger partial charge in [-0.1, -0.05) is 51.5 Å². The topological polar surface area (TPSA) is 123 Å². The Morgan fingerprint density at radius 1 is 0.850 bits per heavy atom. The Balaban J connectivity index is 2.10. The molecule has 220 valence electrons. The van der Waals surface area contributed by atoms with Gasteiger partial charge < -0.3 is 30.7 Å². The third-order valence-corrected chi connectivity index (χ3v) is 6.02. The summed E-state index contributed by atoms with van der Waals surface area (Å²) in [5.41, 5.74) is 9.70. The normalized spacial score (nSPS) is 10.9. The van der Waals surface area contributed by atoms with Gasteiger partial charge in [-0.2, -0.15) is 0 Å². The van der Waals surface area contributed by atoms with Crippen LogP contribution in [0.4, 0.5) is 21.9 Å². The van der Waals surface area contributed by atoms with Gasteiger partial charge in [0.15, 0.2) is 0 Å². The summed E-state index contributed by atoms with van der Waals surface area (Å²) in [5, 5.41) is 5.92. The van der Waals surface area contributed by atoms with Crippen LogP contribution in [-0.4, -0.2) is 44.4 Å². The van der Waals surface area contributed by atoms with Gasteiger partial charge in [0.1, 0.15) is 0 Å². The predicted molar refractivity (Wildman–Crippen MR) is 160 cm³/mol. The van der Waals surface area contributed by atoms with E-state index in [9.17, 15) is 14.4 Å². The quantitative estimate of drug-likeness (QED) is 0.135. The number of aryl methyl sites for hydroxylation is 2. The molecule has 2 aromatic carbocycles. The van der Waals surface area contributed by atoms with Crippen molar-refractivity contribution < 1.29 is 23.9 Å². The second-order valence-corrected chi connectivity index (χ2v) is 10.9. The first kappa shape index (κ1) is 32.6. The molecule has 0 aliphatic heterocycles. The largest absolute Gasteiger partial charge is 0.428 e. The van der Waals surface area contributed by atoms with Crippen molar-refractivity contribution in [2.45, 2.75) is 66.7 Å². The molecule has 0 aliphatic carbocycles. The highest BCUT2D eigenvalue weighted by Gasteiger charge is 2.17. The smallest absolute Gasteiger partial charge is 0.323 e. The van der Waals surface area contributed by atoms with Crippen LogP contribution >= 0.6 is 0 Å². The van der Waals surface area contributed by atoms with E-state index in [-0.39, 0.29) is 18.9 Å². The van der Waals surface area contributed by atoms with Crippen LogP contribution in [0.2, 0.25) is 0 Å². The van der Waals surface area contributed by atoms with Crippen molar-refractivity contribution in [1.82, 2.24) is 0 Å². The zero-order valence-electron chi connectivity index (χ0n) is 24.6. The fourth-order valence-electron chi connectivity index (χ4n) is 4.15. The second kappa shape index (κ2) is 17.2. The van der Waals surface area contributed by atoms with E-state index in [2.05, 4.69) is 43.2 Å². The lowest BCUT2D eigenvalue weighted by Gasteiger charge is -2.30. The first-order valence-electron chi connectivity index (χ1n) is 14.1. The number of unbranched alkanes of at least 4 members (excludes halogenated alkanes) is 1. The summed E-state index contributed by atoms with van der Waals surface area (Å²) < 4.78 is 10.0. The van der Waals surface area contributed by atoms with Crippen LogP contribution in [0.3, 0.4) is 0 Å². The Kier molecular flexibility index (Phi) is 14.0. The van der Waals surface area contributed by atoms with Gasteiger partial charge in [-0.05, 0) is 74.4 Å². The summed E-state index contributed by atoms with van der Waals surface area (Å²) in [5.74, 6) is -0.0232. The van der Waals surface area contributed by atoms with Crippen molar-refractivity contribution in [3.05, 3.63) is 53.6 Å². The zero-order valence-corrected chi connectivity index (χ0v) is 24.6. The summed E-state index contributed by atoms with van der Waals surface area (Å²) in [4.78, 5) is 39.2. The van der Waals surface area contributed by atoms with Crippen LogP contribution in [0.15, 0.2) is 42.5 Å². The third-order valence-electron chi connectivity index (χ3n) is 6.02. The number of anilines is 3. The van der Waals surface area contributed by atoms with E-state index in [0.717, 1.165) is 36.3 Å². The highest BCUT2D eigenvalue weighted by Crippen LogP contribution is 2.30. The molecular formula is C31H46N4O5. The van der Waals surface area contributed by atoms with E-state index in [0.29, 0.717) is 42.6 Å². The monoisotopic (exact) mass is 554 g/mol. The first-order valence-corrected chi connectivity index (χ1v) is 14.1. The molecule has 0 heterocycles. The lowest BCUT2D eigenvalue weighted by Crippen LogP contribution is -2.32. The highest BCUT2D eigenvalue weighted by molar-refractivity contribution is 6.02. The molecule has 0 unspecified atom stereocenters. The number of nitrogens with zero attached hydrogens (tertiary/aromatic N) is 1. The number of urea groups is 1. The van der Waals surface area contributed by atoms with Crippen LogP contribution in [-0.2, 0) is 25.5 Å². The SMILES string of the molecule is Cc1ccc(NC(=O)Nc2cc(CCC(=O)OCOC(=O)CCCCN)ccc2N(CC(C)C)CC(C)C)cc1. The standard InChI is InChI=1S/C31H46N4O5/c1-22(2)19-35(20-23(3)4)28-15-11-25(12-16-30(37)40-21-39-29(36)8-6-7-17-32)18-27(28)34-31(38)33-26-13-9-24(5)10-14-26/h9-11,13-15,18,22-23H,6-8,12,16-17,19-21,32H2,1-5H3,(H2,33,34,38). The zero-order chi connectivity index (χ0) is 29.5. The number of esters is 2. The molecular weight excluding hydrogens is 508 g/mol. The van der Waals surface area contributed by atoms with E-state index < -0.39 is 18.7 Å². The summed E-state index contributed by atoms with van der Waals surface area (Å²) >= 11 is 0. The van der Waals surface area contributed by atoms with Crippen molar-refractivity contribution in [3.8, 4) is 0 Å². The fourth-order valence-corrected chi connectivity index (χ4v) is 4.15. The number of amides is 2. The number of nitrogens with two attached hydrogens (primary N) is 1. The van der Waals surface area contributed by atoms with Crippen LogP contribution in [0.5, 0.6) is 0 Å². The van der Waals surface area contributed by atoms with E-state index in [1.165, 1.54) is 0 Å². The number of benzene rings is 2. The molecule has 0 aromatic heterocycles. The van der Waals surface area contributed by atoms with Gasteiger partial charge in [0, 0.05) is 31.6 Å². The number of nitrogens with one attached hydrogen (secondary N) is 2. The van der Waals surface area contributed by atoms with Gasteiger partial charge in [-0.25, -0.2) is 4.79 Å². The van der Waals surface area contributed by atoms with Gasteiger partial charge in [0.25, 0.3) is 0 Å². The maximum Gasteiger partial charge on any atom is 0.323 e. The minimum atomic E-state index is -0.466. The molecule has 2 rings (SSSR count). The first-order chi connectivity index (χ1) is 19.1. The van der Waals surface area contributed by atoms with Crippen molar-refractivity contribution in [2.75, 3.05) is 42.0 Å². The Hall–Kier alpha value is -3.59. The molecule has 40 heavy (non-hydrogen) atoms. The molecule has 0 radical (unpaired) electrons. The Bertz CT molecular complexity index is 1080. The highest BCUT2D eigenvalue weighted by atomic mass is 16.7. The van der Waals surface area contributed by atoms with Crippen LogP contribution in [0.1, 0.15) is 64.5 Å². The summed E-state index contributed by atoms with van der Waals surface area (Å²) in [6.07, 6.45) is 2.15. The molecule has 0 saturated carbocycles. The van der Waals surface area contributed by atoms with Gasteiger partial charge in [0.2, 0.25) is 6.79 Å².